The molecule has 0 aliphatic carbocycles. The van der Waals surface area contributed by atoms with Crippen molar-refractivity contribution in [2.45, 2.75) is 19.5 Å². The van der Waals surface area contributed by atoms with Crippen LogP contribution in [0.2, 0.25) is 5.02 Å². The molecule has 0 fully saturated rings. The molecule has 1 heterocycles. The van der Waals surface area contributed by atoms with E-state index in [9.17, 15) is 19.7 Å². The van der Waals surface area contributed by atoms with Gasteiger partial charge in [0.1, 0.15) is 12.6 Å². The van der Waals surface area contributed by atoms with Crippen molar-refractivity contribution >= 4 is 40.1 Å². The largest absolute Gasteiger partial charge is 0.467 e. The predicted octanol–water partition coefficient (Wildman–Crippen LogP) is 1.88. The molecule has 0 aliphatic rings. The third-order valence-corrected chi connectivity index (χ3v) is 3.50. The number of rotatable bonds is 5. The molecule has 1 aromatic heterocycles. The Morgan fingerprint density at radius 3 is 2.78 bits per heavy atom. The molecule has 8 nitrogen and oxygen atoms in total. The number of carbonyl (C=O) groups is 2. The van der Waals surface area contributed by atoms with E-state index < -0.39 is 22.8 Å². The minimum Gasteiger partial charge on any atom is -0.467 e. The maximum absolute atomic E-state index is 12.0. The van der Waals surface area contributed by atoms with Crippen LogP contribution in [0.4, 0.5) is 5.69 Å². The summed E-state index contributed by atoms with van der Waals surface area (Å²) in [6.07, 6.45) is 1.27. The van der Waals surface area contributed by atoms with Crippen molar-refractivity contribution in [3.05, 3.63) is 39.5 Å². The zero-order valence-corrected chi connectivity index (χ0v) is 13.2. The minimum atomic E-state index is -0.812. The van der Waals surface area contributed by atoms with Crippen LogP contribution in [0.15, 0.2) is 24.4 Å². The van der Waals surface area contributed by atoms with Crippen molar-refractivity contribution in [2.75, 3.05) is 7.11 Å². The molecule has 122 valence electrons. The van der Waals surface area contributed by atoms with Crippen LogP contribution in [0.25, 0.3) is 10.9 Å². The molecule has 0 spiro atoms. The number of benzene rings is 1. The number of hydrogen-bond donors (Lipinski definition) is 1. The average Bonchev–Trinajstić information content (AvgIpc) is 2.84. The number of methoxy groups -OCH3 is 1. The number of hydrogen-bond acceptors (Lipinski definition) is 5. The predicted molar refractivity (Wildman–Crippen MR) is 83.2 cm³/mol. The third kappa shape index (κ3) is 3.59. The van der Waals surface area contributed by atoms with Gasteiger partial charge >= 0.3 is 5.97 Å². The van der Waals surface area contributed by atoms with Crippen LogP contribution in [-0.4, -0.2) is 34.5 Å². The first-order chi connectivity index (χ1) is 10.8. The van der Waals surface area contributed by atoms with Gasteiger partial charge < -0.3 is 14.6 Å². The maximum atomic E-state index is 12.0. The van der Waals surface area contributed by atoms with E-state index in [2.05, 4.69) is 10.1 Å². The Morgan fingerprint density at radius 1 is 1.48 bits per heavy atom. The number of fused-ring (bicyclic) bond motifs is 1. The lowest BCUT2D eigenvalue weighted by molar-refractivity contribution is -0.383. The van der Waals surface area contributed by atoms with Crippen LogP contribution in [0.5, 0.6) is 0 Å². The average molecular weight is 340 g/mol. The highest BCUT2D eigenvalue weighted by Gasteiger charge is 2.21. The monoisotopic (exact) mass is 339 g/mol. The lowest BCUT2D eigenvalue weighted by Gasteiger charge is -2.12. The molecule has 9 heteroatoms. The SMILES string of the molecule is COC(=O)[C@H](C)NC(=O)Cn1cc([N+](=O)[O-])c2ccc(Cl)cc21. The maximum Gasteiger partial charge on any atom is 0.328 e. The van der Waals surface area contributed by atoms with Gasteiger partial charge in [0.15, 0.2) is 0 Å². The van der Waals surface area contributed by atoms with Crippen LogP contribution in [0.3, 0.4) is 0 Å². The first kappa shape index (κ1) is 16.8. The minimum absolute atomic E-state index is 0.120. The molecular weight excluding hydrogens is 326 g/mol. The Bertz CT molecular complexity index is 786. The summed E-state index contributed by atoms with van der Waals surface area (Å²) in [6.45, 7) is 1.29. The summed E-state index contributed by atoms with van der Waals surface area (Å²) in [5.41, 5.74) is 0.343. The fourth-order valence-corrected chi connectivity index (χ4v) is 2.37. The molecule has 1 N–H and O–H groups in total. The summed E-state index contributed by atoms with van der Waals surface area (Å²) in [4.78, 5) is 33.9. The highest BCUT2D eigenvalue weighted by Crippen LogP contribution is 2.29. The first-order valence-corrected chi connectivity index (χ1v) is 7.01. The summed E-state index contributed by atoms with van der Waals surface area (Å²) in [6, 6.07) is 3.80. The molecule has 2 aromatic rings. The quantitative estimate of drug-likeness (QED) is 0.509. The van der Waals surface area contributed by atoms with Gasteiger partial charge in [0.25, 0.3) is 5.69 Å². The molecule has 0 saturated carbocycles. The second-order valence-electron chi connectivity index (χ2n) is 4.87. The smallest absolute Gasteiger partial charge is 0.328 e. The molecule has 0 radical (unpaired) electrons. The van der Waals surface area contributed by atoms with E-state index in [1.807, 2.05) is 0 Å². The number of halogens is 1. The molecule has 1 amide bonds. The van der Waals surface area contributed by atoms with Gasteiger partial charge in [0, 0.05) is 5.02 Å². The second-order valence-corrected chi connectivity index (χ2v) is 5.31. The van der Waals surface area contributed by atoms with Crippen LogP contribution < -0.4 is 5.32 Å². The molecule has 23 heavy (non-hydrogen) atoms. The first-order valence-electron chi connectivity index (χ1n) is 6.63. The summed E-state index contributed by atoms with van der Waals surface area (Å²) < 4.78 is 5.93. The van der Waals surface area contributed by atoms with Crippen molar-refractivity contribution < 1.29 is 19.2 Å². The van der Waals surface area contributed by atoms with E-state index in [0.717, 1.165) is 0 Å². The van der Waals surface area contributed by atoms with Crippen LogP contribution >= 0.6 is 11.6 Å². The second kappa shape index (κ2) is 6.66. The molecular formula is C14H14ClN3O5. The normalized spacial score (nSPS) is 12.0. The van der Waals surface area contributed by atoms with Gasteiger partial charge in [-0.1, -0.05) is 11.6 Å². The van der Waals surface area contributed by atoms with E-state index in [4.69, 9.17) is 11.6 Å². The van der Waals surface area contributed by atoms with E-state index in [0.29, 0.717) is 15.9 Å². The Balaban J connectivity index is 2.29. The van der Waals surface area contributed by atoms with E-state index in [-0.39, 0.29) is 12.2 Å². The lowest BCUT2D eigenvalue weighted by atomic mass is 10.2. The summed E-state index contributed by atoms with van der Waals surface area (Å²) >= 11 is 5.92. The van der Waals surface area contributed by atoms with Crippen molar-refractivity contribution in [1.82, 2.24) is 9.88 Å². The van der Waals surface area contributed by atoms with Crippen molar-refractivity contribution in [1.29, 1.82) is 0 Å². The Morgan fingerprint density at radius 2 is 2.17 bits per heavy atom. The standard InChI is InChI=1S/C14H14ClN3O5/c1-8(14(20)23-2)16-13(19)7-17-6-12(18(21)22)10-4-3-9(15)5-11(10)17/h3-6,8H,7H2,1-2H3,(H,16,19)/t8-/m0/s1. The van der Waals surface area contributed by atoms with Gasteiger partial charge in [-0.3, -0.25) is 14.9 Å². The molecule has 0 unspecified atom stereocenters. The number of amides is 1. The Labute approximate surface area is 136 Å². The van der Waals surface area contributed by atoms with E-state index in [1.54, 1.807) is 12.1 Å². The molecule has 2 rings (SSSR count). The van der Waals surface area contributed by atoms with Gasteiger partial charge in [-0.05, 0) is 25.1 Å². The zero-order chi connectivity index (χ0) is 17.1. The molecule has 0 bridgehead atoms. The van der Waals surface area contributed by atoms with Crippen molar-refractivity contribution in [2.24, 2.45) is 0 Å². The van der Waals surface area contributed by atoms with Crippen molar-refractivity contribution in [3.8, 4) is 0 Å². The topological polar surface area (TPSA) is 103 Å². The van der Waals surface area contributed by atoms with Crippen molar-refractivity contribution in [3.63, 3.8) is 0 Å². The number of nitro groups is 1. The molecule has 1 aromatic carbocycles. The summed E-state index contributed by atoms with van der Waals surface area (Å²) in [5, 5.41) is 14.3. The van der Waals surface area contributed by atoms with E-state index >= 15 is 0 Å². The van der Waals surface area contributed by atoms with Crippen LogP contribution in [0, 0.1) is 10.1 Å². The van der Waals surface area contributed by atoms with Gasteiger partial charge in [0.2, 0.25) is 5.91 Å². The van der Waals surface area contributed by atoms with Gasteiger partial charge in [-0.25, -0.2) is 4.79 Å². The number of nitrogens with one attached hydrogen (secondary N) is 1. The number of nitrogens with zero attached hydrogens (tertiary/aromatic N) is 2. The molecule has 0 aliphatic heterocycles. The zero-order valence-electron chi connectivity index (χ0n) is 12.4. The Kier molecular flexibility index (Phi) is 4.85. The number of esters is 1. The highest BCUT2D eigenvalue weighted by molar-refractivity contribution is 6.31. The fraction of sp³-hybridized carbons (Fsp3) is 0.286. The fourth-order valence-electron chi connectivity index (χ4n) is 2.20. The molecule has 1 atom stereocenters. The summed E-state index contributed by atoms with van der Waals surface area (Å²) in [5.74, 6) is -1.06. The summed E-state index contributed by atoms with van der Waals surface area (Å²) in [7, 11) is 1.22. The lowest BCUT2D eigenvalue weighted by Crippen LogP contribution is -2.40. The van der Waals surface area contributed by atoms with Gasteiger partial charge in [-0.2, -0.15) is 0 Å². The third-order valence-electron chi connectivity index (χ3n) is 3.27. The number of carbonyl (C=O) groups excluding carboxylic acids is 2. The number of aromatic nitrogens is 1. The van der Waals surface area contributed by atoms with Gasteiger partial charge in [0.05, 0.1) is 29.1 Å². The van der Waals surface area contributed by atoms with Crippen LogP contribution in [-0.2, 0) is 20.9 Å². The Hall–Kier alpha value is -2.61. The van der Waals surface area contributed by atoms with Crippen LogP contribution in [0.1, 0.15) is 6.92 Å². The van der Waals surface area contributed by atoms with Gasteiger partial charge in [-0.15, -0.1) is 0 Å². The highest BCUT2D eigenvalue weighted by atomic mass is 35.5. The molecule has 0 saturated heterocycles. The number of ether oxygens (including phenoxy) is 1. The van der Waals surface area contributed by atoms with E-state index in [1.165, 1.54) is 30.9 Å².